The Kier molecular flexibility index (Phi) is 4.92. The van der Waals surface area contributed by atoms with Gasteiger partial charge in [-0.15, -0.1) is 0 Å². The van der Waals surface area contributed by atoms with Gasteiger partial charge >= 0.3 is 5.97 Å². The van der Waals surface area contributed by atoms with Gasteiger partial charge in [0.1, 0.15) is 11.5 Å². The monoisotopic (exact) mass is 415 g/mol. The lowest BCUT2D eigenvalue weighted by molar-refractivity contribution is -0.158. The van der Waals surface area contributed by atoms with Gasteiger partial charge in [0.2, 0.25) is 5.91 Å². The number of carboxylic acids is 1. The van der Waals surface area contributed by atoms with Crippen LogP contribution in [0.4, 0.5) is 0 Å². The van der Waals surface area contributed by atoms with Crippen LogP contribution in [0.25, 0.3) is 0 Å². The van der Waals surface area contributed by atoms with E-state index in [4.69, 9.17) is 4.52 Å². The second kappa shape index (κ2) is 7.36. The van der Waals surface area contributed by atoms with E-state index in [0.29, 0.717) is 23.9 Å². The van der Waals surface area contributed by atoms with E-state index in [-0.39, 0.29) is 29.7 Å². The smallest absolute Gasteiger partial charge is 0.307 e. The van der Waals surface area contributed by atoms with Crippen LogP contribution in [0.15, 0.2) is 10.6 Å². The first kappa shape index (κ1) is 20.0. The number of hydrogen-bond donors (Lipinski definition) is 3. The molecule has 1 aromatic heterocycles. The van der Waals surface area contributed by atoms with Crippen LogP contribution in [0.5, 0.6) is 0 Å². The Morgan fingerprint density at radius 1 is 1.30 bits per heavy atom. The van der Waals surface area contributed by atoms with Gasteiger partial charge in [0.25, 0.3) is 0 Å². The van der Waals surface area contributed by atoms with E-state index in [1.807, 2.05) is 13.0 Å². The van der Waals surface area contributed by atoms with Crippen molar-refractivity contribution in [3.8, 4) is 0 Å². The van der Waals surface area contributed by atoms with E-state index in [1.54, 1.807) is 0 Å². The molecule has 30 heavy (non-hydrogen) atoms. The molecule has 0 aromatic carbocycles. The van der Waals surface area contributed by atoms with Crippen molar-refractivity contribution >= 4 is 11.9 Å². The van der Waals surface area contributed by atoms with Crippen molar-refractivity contribution in [1.82, 2.24) is 15.8 Å². The van der Waals surface area contributed by atoms with Crippen molar-refractivity contribution < 1.29 is 19.2 Å². The summed E-state index contributed by atoms with van der Waals surface area (Å²) in [5, 5.41) is 20.9. The Bertz CT molecular complexity index is 826. The largest absolute Gasteiger partial charge is 0.481 e. The predicted octanol–water partition coefficient (Wildman–Crippen LogP) is 3.03. The number of carbonyl (C=O) groups excluding carboxylic acids is 1. The molecule has 7 heteroatoms. The second-order valence-electron chi connectivity index (χ2n) is 10.1. The molecule has 5 atom stereocenters. The van der Waals surface area contributed by atoms with Crippen molar-refractivity contribution in [1.29, 1.82) is 0 Å². The van der Waals surface area contributed by atoms with Gasteiger partial charge in [-0.1, -0.05) is 11.6 Å². The first-order valence-electron chi connectivity index (χ1n) is 11.6. The average molecular weight is 416 g/mol. The Hall–Kier alpha value is -1.89. The highest BCUT2D eigenvalue weighted by Gasteiger charge is 2.77. The fraction of sp³-hybridized carbons (Fsp3) is 0.783. The minimum absolute atomic E-state index is 0.0789. The molecule has 5 rings (SSSR count). The number of rotatable bonds is 7. The molecule has 7 nitrogen and oxygen atoms in total. The number of nitrogens with one attached hydrogen (secondary N) is 2. The lowest BCUT2D eigenvalue weighted by Crippen LogP contribution is -2.52. The number of nitrogens with zero attached hydrogens (tertiary/aromatic N) is 1. The molecule has 4 fully saturated rings. The van der Waals surface area contributed by atoms with Crippen molar-refractivity contribution in [3.05, 3.63) is 17.5 Å². The highest BCUT2D eigenvalue weighted by Crippen LogP contribution is 2.79. The molecule has 1 saturated heterocycles. The van der Waals surface area contributed by atoms with Crippen molar-refractivity contribution in [3.63, 3.8) is 0 Å². The number of aryl methyl sites for hydroxylation is 1. The van der Waals surface area contributed by atoms with Crippen LogP contribution >= 0.6 is 0 Å². The zero-order chi connectivity index (χ0) is 20.9. The summed E-state index contributed by atoms with van der Waals surface area (Å²) in [6.45, 7) is 3.13. The Labute approximate surface area is 177 Å². The van der Waals surface area contributed by atoms with Gasteiger partial charge in [-0.25, -0.2) is 0 Å². The van der Waals surface area contributed by atoms with Gasteiger partial charge in [-0.05, 0) is 82.1 Å². The summed E-state index contributed by atoms with van der Waals surface area (Å²) < 4.78 is 5.12. The van der Waals surface area contributed by atoms with Crippen molar-refractivity contribution in [2.45, 2.75) is 77.3 Å². The fourth-order valence-corrected chi connectivity index (χ4v) is 7.44. The second-order valence-corrected chi connectivity index (χ2v) is 10.1. The molecular weight excluding hydrogens is 382 g/mol. The van der Waals surface area contributed by atoms with Crippen LogP contribution in [0, 0.1) is 35.5 Å². The highest BCUT2D eigenvalue weighted by molar-refractivity contribution is 5.90. The zero-order valence-electron chi connectivity index (χ0n) is 17.8. The molecule has 164 valence electrons. The summed E-state index contributed by atoms with van der Waals surface area (Å²) in [7, 11) is 0. The highest BCUT2D eigenvalue weighted by atomic mass is 16.5. The summed E-state index contributed by atoms with van der Waals surface area (Å²) in [6, 6.07) is 2.21. The van der Waals surface area contributed by atoms with Gasteiger partial charge in [-0.2, -0.15) is 0 Å². The molecule has 1 aliphatic heterocycles. The molecule has 3 N–H and O–H groups in total. The van der Waals surface area contributed by atoms with Gasteiger partial charge < -0.3 is 20.3 Å². The quantitative estimate of drug-likeness (QED) is 0.632. The summed E-state index contributed by atoms with van der Waals surface area (Å²) in [5.41, 5.74) is -0.0188. The minimum atomic E-state index is -0.802. The normalized spacial score (nSPS) is 36.2. The van der Waals surface area contributed by atoms with E-state index in [1.165, 1.54) is 12.8 Å². The number of carboxylic acid groups (broad SMARTS) is 1. The first-order chi connectivity index (χ1) is 14.5. The maximum atomic E-state index is 13.8. The van der Waals surface area contributed by atoms with Crippen molar-refractivity contribution in [2.24, 2.45) is 28.6 Å². The maximum Gasteiger partial charge on any atom is 0.307 e. The third-order valence-corrected chi connectivity index (χ3v) is 8.72. The summed E-state index contributed by atoms with van der Waals surface area (Å²) in [5.74, 6) is -0.376. The van der Waals surface area contributed by atoms with Gasteiger partial charge in [0.05, 0.1) is 17.9 Å². The van der Waals surface area contributed by atoms with Crippen LogP contribution in [-0.2, 0) is 16.1 Å². The van der Waals surface area contributed by atoms with Crippen LogP contribution in [-0.4, -0.2) is 34.7 Å². The van der Waals surface area contributed by atoms with E-state index in [2.05, 4.69) is 15.8 Å². The molecule has 3 aliphatic carbocycles. The summed E-state index contributed by atoms with van der Waals surface area (Å²) >= 11 is 0. The van der Waals surface area contributed by atoms with Gasteiger partial charge in [0.15, 0.2) is 0 Å². The molecular formula is C23H33N3O4. The third kappa shape index (κ3) is 3.00. The molecule has 2 heterocycles. The van der Waals surface area contributed by atoms with Crippen LogP contribution < -0.4 is 10.6 Å². The SMILES string of the molecule is Cc1cc(CNC(=O)[C@@]2(CC[C@@H]3CCCCN3)[C@H](C(=O)O)[C@H]3CC[C@H]2C32CC2)no1. The molecule has 0 unspecified atom stereocenters. The van der Waals surface area contributed by atoms with Crippen LogP contribution in [0.1, 0.15) is 69.2 Å². The molecule has 1 amide bonds. The van der Waals surface area contributed by atoms with E-state index >= 15 is 0 Å². The Morgan fingerprint density at radius 3 is 2.77 bits per heavy atom. The number of carbonyl (C=O) groups is 2. The predicted molar refractivity (Wildman–Crippen MR) is 109 cm³/mol. The number of aliphatic carboxylic acids is 1. The van der Waals surface area contributed by atoms with Gasteiger partial charge in [-0.3, -0.25) is 9.59 Å². The summed E-state index contributed by atoms with van der Waals surface area (Å²) in [4.78, 5) is 26.3. The lowest BCUT2D eigenvalue weighted by atomic mass is 9.62. The average Bonchev–Trinajstić information content (AvgIpc) is 3.23. The lowest BCUT2D eigenvalue weighted by Gasteiger charge is -2.42. The van der Waals surface area contributed by atoms with Crippen molar-refractivity contribution in [2.75, 3.05) is 6.54 Å². The van der Waals surface area contributed by atoms with E-state index in [9.17, 15) is 14.7 Å². The number of aromatic nitrogens is 1. The maximum absolute atomic E-state index is 13.8. The number of amides is 1. The Morgan fingerprint density at radius 2 is 2.13 bits per heavy atom. The van der Waals surface area contributed by atoms with Crippen LogP contribution in [0.2, 0.25) is 0 Å². The number of piperidine rings is 1. The topological polar surface area (TPSA) is 104 Å². The Balaban J connectivity index is 1.42. The zero-order valence-corrected chi connectivity index (χ0v) is 17.8. The molecule has 1 spiro atoms. The first-order valence-corrected chi connectivity index (χ1v) is 11.6. The minimum Gasteiger partial charge on any atom is -0.481 e. The summed E-state index contributed by atoms with van der Waals surface area (Å²) in [6.07, 6.45) is 9.19. The third-order valence-electron chi connectivity index (χ3n) is 8.72. The van der Waals surface area contributed by atoms with E-state index in [0.717, 1.165) is 45.1 Å². The molecule has 3 saturated carbocycles. The van der Waals surface area contributed by atoms with Crippen LogP contribution in [0.3, 0.4) is 0 Å². The standard InChI is InChI=1S/C23H33N3O4/c1-14-12-16(26-30-14)13-25-21(29)23(8-7-15-4-2-3-11-24-15)18-6-5-17(19(23)20(27)28)22(18)9-10-22/h12,15,17-19,24H,2-11,13H2,1H3,(H,25,29)(H,27,28)/t15-,17+,18-,19-,23+/m0/s1. The fourth-order valence-electron chi connectivity index (χ4n) is 7.44. The molecule has 2 bridgehead atoms. The molecule has 4 aliphatic rings. The van der Waals surface area contributed by atoms with E-state index < -0.39 is 17.3 Å². The molecule has 0 radical (unpaired) electrons. The molecule has 1 aromatic rings. The number of hydrogen-bond acceptors (Lipinski definition) is 5. The van der Waals surface area contributed by atoms with Gasteiger partial charge in [0, 0.05) is 12.1 Å².